The highest BCUT2D eigenvalue weighted by molar-refractivity contribution is 5.92. The van der Waals surface area contributed by atoms with E-state index < -0.39 is 0 Å². The Morgan fingerprint density at radius 3 is 2.78 bits per heavy atom. The molecule has 6 heteroatoms. The second kappa shape index (κ2) is 9.98. The summed E-state index contributed by atoms with van der Waals surface area (Å²) >= 11 is 0. The number of carbonyl (C=O) groups excluding carboxylic acids is 2. The first kappa shape index (κ1) is 22.1. The Bertz CT molecular complexity index is 1010. The van der Waals surface area contributed by atoms with Gasteiger partial charge in [0.1, 0.15) is 11.6 Å². The van der Waals surface area contributed by atoms with Gasteiger partial charge in [-0.3, -0.25) is 9.59 Å². The summed E-state index contributed by atoms with van der Waals surface area (Å²) in [5, 5.41) is 0. The minimum atomic E-state index is -0.317. The van der Waals surface area contributed by atoms with Crippen molar-refractivity contribution >= 4 is 17.9 Å². The van der Waals surface area contributed by atoms with Crippen molar-refractivity contribution in [1.82, 2.24) is 9.80 Å². The van der Waals surface area contributed by atoms with Crippen LogP contribution < -0.4 is 4.74 Å². The maximum absolute atomic E-state index is 13.4. The van der Waals surface area contributed by atoms with E-state index >= 15 is 0 Å². The van der Waals surface area contributed by atoms with Gasteiger partial charge in [-0.1, -0.05) is 30.3 Å². The van der Waals surface area contributed by atoms with Crippen LogP contribution in [0, 0.1) is 11.7 Å². The number of hydrogen-bond donors (Lipinski definition) is 0. The Balaban J connectivity index is 1.38. The van der Waals surface area contributed by atoms with Gasteiger partial charge in [0.05, 0.1) is 13.5 Å². The quantitative estimate of drug-likeness (QED) is 0.668. The number of amides is 2. The molecule has 0 radical (unpaired) electrons. The Kier molecular flexibility index (Phi) is 6.88. The first-order valence-electron chi connectivity index (χ1n) is 11.2. The molecular formula is C26H29FN2O3. The van der Waals surface area contributed by atoms with Crippen molar-refractivity contribution in [3.05, 3.63) is 71.6 Å². The molecule has 4 rings (SSSR count). The molecule has 0 unspecified atom stereocenters. The fourth-order valence-electron chi connectivity index (χ4n) is 4.90. The van der Waals surface area contributed by atoms with Crippen molar-refractivity contribution in [3.63, 3.8) is 0 Å². The van der Waals surface area contributed by atoms with Gasteiger partial charge in [0, 0.05) is 37.3 Å². The number of fused-ring (bicyclic) bond motifs is 1. The van der Waals surface area contributed by atoms with Crippen molar-refractivity contribution in [2.45, 2.75) is 31.7 Å². The fourth-order valence-corrected chi connectivity index (χ4v) is 4.90. The molecule has 0 N–H and O–H groups in total. The highest BCUT2D eigenvalue weighted by Gasteiger charge is 2.38. The Morgan fingerprint density at radius 1 is 1.12 bits per heavy atom. The summed E-state index contributed by atoms with van der Waals surface area (Å²) in [5.74, 6) is 0.754. The molecule has 2 aliphatic rings. The van der Waals surface area contributed by atoms with E-state index in [0.29, 0.717) is 25.1 Å². The lowest BCUT2D eigenvalue weighted by atomic mass is 9.83. The molecule has 2 heterocycles. The minimum absolute atomic E-state index is 0.0437. The van der Waals surface area contributed by atoms with Crippen LogP contribution in [0.4, 0.5) is 4.39 Å². The lowest BCUT2D eigenvalue weighted by molar-refractivity contribution is -0.138. The average Bonchev–Trinajstić information content (AvgIpc) is 2.82. The maximum Gasteiger partial charge on any atom is 0.246 e. The Morgan fingerprint density at radius 2 is 1.97 bits per heavy atom. The van der Waals surface area contributed by atoms with Gasteiger partial charge in [-0.15, -0.1) is 0 Å². The topological polar surface area (TPSA) is 49.9 Å². The van der Waals surface area contributed by atoms with Crippen LogP contribution in [0.2, 0.25) is 0 Å². The number of likely N-dealkylation sites (tertiary alicyclic amines) is 2. The van der Waals surface area contributed by atoms with E-state index in [4.69, 9.17) is 4.74 Å². The summed E-state index contributed by atoms with van der Waals surface area (Å²) in [5.41, 5.74) is 1.56. The summed E-state index contributed by atoms with van der Waals surface area (Å²) in [6, 6.07) is 14.0. The summed E-state index contributed by atoms with van der Waals surface area (Å²) in [6.07, 6.45) is 6.25. The van der Waals surface area contributed by atoms with Gasteiger partial charge in [0.15, 0.2) is 0 Å². The summed E-state index contributed by atoms with van der Waals surface area (Å²) in [7, 11) is 1.62. The van der Waals surface area contributed by atoms with Gasteiger partial charge in [-0.05, 0) is 55.0 Å². The zero-order valence-corrected chi connectivity index (χ0v) is 18.4. The molecule has 0 aromatic heterocycles. The number of nitrogens with zero attached hydrogens (tertiary/aromatic N) is 2. The van der Waals surface area contributed by atoms with Crippen LogP contribution in [0.3, 0.4) is 0 Å². The molecule has 168 valence electrons. The van der Waals surface area contributed by atoms with Crippen molar-refractivity contribution in [2.24, 2.45) is 5.92 Å². The van der Waals surface area contributed by atoms with Crippen LogP contribution in [0.1, 0.15) is 30.4 Å². The molecule has 2 aromatic carbocycles. The number of carbonyl (C=O) groups is 2. The van der Waals surface area contributed by atoms with Crippen LogP contribution in [0.15, 0.2) is 54.6 Å². The van der Waals surface area contributed by atoms with Gasteiger partial charge in [0.25, 0.3) is 0 Å². The fraction of sp³-hybridized carbons (Fsp3) is 0.385. The summed E-state index contributed by atoms with van der Waals surface area (Å²) in [4.78, 5) is 29.7. The van der Waals surface area contributed by atoms with E-state index in [1.807, 2.05) is 34.1 Å². The van der Waals surface area contributed by atoms with E-state index in [9.17, 15) is 14.0 Å². The summed E-state index contributed by atoms with van der Waals surface area (Å²) < 4.78 is 18.8. The van der Waals surface area contributed by atoms with E-state index in [1.165, 1.54) is 18.2 Å². The number of para-hydroxylation sites is 1. The minimum Gasteiger partial charge on any atom is -0.496 e. The highest BCUT2D eigenvalue weighted by Crippen LogP contribution is 2.31. The zero-order chi connectivity index (χ0) is 22.5. The predicted octanol–water partition coefficient (Wildman–Crippen LogP) is 3.93. The molecular weight excluding hydrogens is 407 g/mol. The second-order valence-corrected chi connectivity index (χ2v) is 8.51. The van der Waals surface area contributed by atoms with E-state index in [0.717, 1.165) is 37.1 Å². The van der Waals surface area contributed by atoms with Crippen LogP contribution in [0.5, 0.6) is 5.75 Å². The molecule has 2 fully saturated rings. The second-order valence-electron chi connectivity index (χ2n) is 8.51. The number of benzene rings is 2. The SMILES string of the molecule is COc1ccccc1CC(=O)N1CC[C@@H]2[C@H](CCCN2C(=O)/C=C/c2cccc(F)c2)C1. The number of hydrogen-bond acceptors (Lipinski definition) is 3. The van der Waals surface area contributed by atoms with E-state index in [-0.39, 0.29) is 29.6 Å². The predicted molar refractivity (Wildman–Crippen MR) is 122 cm³/mol. The lowest BCUT2D eigenvalue weighted by Gasteiger charge is -2.47. The molecule has 0 saturated carbocycles. The Hall–Kier alpha value is -3.15. The third kappa shape index (κ3) is 5.01. The van der Waals surface area contributed by atoms with Gasteiger partial charge >= 0.3 is 0 Å². The molecule has 2 amide bonds. The molecule has 0 aliphatic carbocycles. The number of rotatable bonds is 5. The van der Waals surface area contributed by atoms with Crippen molar-refractivity contribution < 1.29 is 18.7 Å². The van der Waals surface area contributed by atoms with E-state index in [2.05, 4.69) is 0 Å². The highest BCUT2D eigenvalue weighted by atomic mass is 19.1. The normalized spacial score (nSPS) is 20.8. The van der Waals surface area contributed by atoms with Gasteiger partial charge in [-0.25, -0.2) is 4.39 Å². The van der Waals surface area contributed by atoms with Crippen LogP contribution in [0.25, 0.3) is 6.08 Å². The summed E-state index contributed by atoms with van der Waals surface area (Å²) in [6.45, 7) is 2.05. The van der Waals surface area contributed by atoms with Gasteiger partial charge in [-0.2, -0.15) is 0 Å². The van der Waals surface area contributed by atoms with E-state index in [1.54, 1.807) is 25.3 Å². The Labute approximate surface area is 188 Å². The van der Waals surface area contributed by atoms with Crippen molar-refractivity contribution in [1.29, 1.82) is 0 Å². The lowest BCUT2D eigenvalue weighted by Crippen LogP contribution is -2.56. The van der Waals surface area contributed by atoms with Crippen molar-refractivity contribution in [3.8, 4) is 5.75 Å². The molecule has 32 heavy (non-hydrogen) atoms. The zero-order valence-electron chi connectivity index (χ0n) is 18.4. The maximum atomic E-state index is 13.4. The first-order valence-corrected chi connectivity index (χ1v) is 11.2. The van der Waals surface area contributed by atoms with Crippen molar-refractivity contribution in [2.75, 3.05) is 26.7 Å². The average molecular weight is 437 g/mol. The smallest absolute Gasteiger partial charge is 0.246 e. The number of halogens is 1. The number of ether oxygens (including phenoxy) is 1. The van der Waals surface area contributed by atoms with Gasteiger partial charge < -0.3 is 14.5 Å². The van der Waals surface area contributed by atoms with Crippen LogP contribution in [-0.4, -0.2) is 54.4 Å². The molecule has 2 atom stereocenters. The first-order chi connectivity index (χ1) is 15.5. The molecule has 5 nitrogen and oxygen atoms in total. The standard InChI is InChI=1S/C26H29FN2O3/c1-32-24-10-3-2-7-20(24)17-26(31)28-15-13-23-21(18-28)8-5-14-29(23)25(30)12-11-19-6-4-9-22(27)16-19/h2-4,6-7,9-12,16,21,23H,5,8,13-15,17-18H2,1H3/b12-11+/t21-,23-/m1/s1. The molecule has 0 bridgehead atoms. The number of methoxy groups -OCH3 is 1. The molecule has 2 aromatic rings. The molecule has 2 saturated heterocycles. The largest absolute Gasteiger partial charge is 0.496 e. The monoisotopic (exact) mass is 436 g/mol. The third-order valence-corrected chi connectivity index (χ3v) is 6.51. The third-order valence-electron chi connectivity index (χ3n) is 6.51. The van der Waals surface area contributed by atoms with Crippen LogP contribution in [-0.2, 0) is 16.0 Å². The van der Waals surface area contributed by atoms with Crippen LogP contribution >= 0.6 is 0 Å². The van der Waals surface area contributed by atoms with Gasteiger partial charge in [0.2, 0.25) is 11.8 Å². The molecule has 2 aliphatic heterocycles. The molecule has 0 spiro atoms. The number of piperidine rings is 2.